The number of nitrogens with one attached hydrogen (secondary N) is 1. The number of rotatable bonds is 4. The van der Waals surface area contributed by atoms with Crippen molar-refractivity contribution >= 4 is 22.7 Å². The van der Waals surface area contributed by atoms with Crippen molar-refractivity contribution in [3.05, 3.63) is 51.7 Å². The van der Waals surface area contributed by atoms with Gasteiger partial charge < -0.3 is 9.84 Å². The summed E-state index contributed by atoms with van der Waals surface area (Å²) in [6.45, 7) is 4.87. The molecule has 0 radical (unpaired) electrons. The summed E-state index contributed by atoms with van der Waals surface area (Å²) in [5.74, 6) is -2.00. The molecule has 7 nitrogen and oxygen atoms in total. The molecule has 136 valence electrons. The van der Waals surface area contributed by atoms with Crippen LogP contribution < -0.4 is 10.9 Å². The molecule has 0 unspecified atom stereocenters. The molecule has 0 fully saturated rings. The molecule has 1 aromatic carbocycles. The summed E-state index contributed by atoms with van der Waals surface area (Å²) in [4.78, 5) is 29.6. The summed E-state index contributed by atoms with van der Waals surface area (Å²) in [7, 11) is 0. The van der Waals surface area contributed by atoms with Crippen molar-refractivity contribution in [2.75, 3.05) is 5.32 Å². The quantitative estimate of drug-likeness (QED) is 0.771. The SMILES string of the molecule is CC[C@H](C(=O)Nc1ccc(F)cc1F)n1c(C)nc2onc(C)c2c1=O. The molecular weight excluding hydrogens is 346 g/mol. The first-order chi connectivity index (χ1) is 12.3. The minimum Gasteiger partial charge on any atom is -0.335 e. The van der Waals surface area contributed by atoms with Crippen molar-refractivity contribution in [3.8, 4) is 0 Å². The Balaban J connectivity index is 2.03. The lowest BCUT2D eigenvalue weighted by Gasteiger charge is -2.19. The summed E-state index contributed by atoms with van der Waals surface area (Å²) in [6, 6.07) is 1.89. The van der Waals surface area contributed by atoms with Crippen molar-refractivity contribution < 1.29 is 18.1 Å². The monoisotopic (exact) mass is 362 g/mol. The van der Waals surface area contributed by atoms with E-state index in [-0.39, 0.29) is 29.0 Å². The number of halogens is 2. The maximum atomic E-state index is 13.8. The molecule has 3 rings (SSSR count). The van der Waals surface area contributed by atoms with E-state index in [0.29, 0.717) is 11.8 Å². The molecule has 0 spiro atoms. The molecule has 0 aliphatic heterocycles. The molecule has 9 heteroatoms. The van der Waals surface area contributed by atoms with E-state index >= 15 is 0 Å². The molecular formula is C17H16F2N4O3. The van der Waals surface area contributed by atoms with Crippen LogP contribution >= 0.6 is 0 Å². The largest absolute Gasteiger partial charge is 0.335 e. The van der Waals surface area contributed by atoms with Crippen LogP contribution in [0.3, 0.4) is 0 Å². The first kappa shape index (κ1) is 17.7. The van der Waals surface area contributed by atoms with Crippen molar-refractivity contribution in [1.29, 1.82) is 0 Å². The highest BCUT2D eigenvalue weighted by atomic mass is 19.1. The first-order valence-electron chi connectivity index (χ1n) is 7.94. The van der Waals surface area contributed by atoms with Gasteiger partial charge in [-0.25, -0.2) is 8.78 Å². The van der Waals surface area contributed by atoms with E-state index in [1.54, 1.807) is 20.8 Å². The highest BCUT2D eigenvalue weighted by Crippen LogP contribution is 2.20. The van der Waals surface area contributed by atoms with Gasteiger partial charge in [-0.1, -0.05) is 12.1 Å². The summed E-state index contributed by atoms with van der Waals surface area (Å²) in [6.07, 6.45) is 0.257. The van der Waals surface area contributed by atoms with Crippen LogP contribution in [0.5, 0.6) is 0 Å². The molecule has 0 aliphatic rings. The van der Waals surface area contributed by atoms with E-state index in [2.05, 4.69) is 15.5 Å². The number of fused-ring (bicyclic) bond motifs is 1. The van der Waals surface area contributed by atoms with Crippen LogP contribution in [0.25, 0.3) is 11.1 Å². The second-order valence-electron chi connectivity index (χ2n) is 5.82. The van der Waals surface area contributed by atoms with Gasteiger partial charge in [0.2, 0.25) is 5.91 Å². The van der Waals surface area contributed by atoms with Crippen molar-refractivity contribution in [2.45, 2.75) is 33.2 Å². The summed E-state index contributed by atoms with van der Waals surface area (Å²) in [5.41, 5.74) is -0.171. The fourth-order valence-electron chi connectivity index (χ4n) is 2.81. The van der Waals surface area contributed by atoms with E-state index in [9.17, 15) is 18.4 Å². The van der Waals surface area contributed by atoms with Crippen molar-refractivity contribution in [1.82, 2.24) is 14.7 Å². The summed E-state index contributed by atoms with van der Waals surface area (Å²) >= 11 is 0. The number of anilines is 1. The molecule has 26 heavy (non-hydrogen) atoms. The molecule has 1 atom stereocenters. The Morgan fingerprint density at radius 2 is 2.08 bits per heavy atom. The molecule has 0 saturated heterocycles. The lowest BCUT2D eigenvalue weighted by Crippen LogP contribution is -2.35. The van der Waals surface area contributed by atoms with Crippen LogP contribution in [0.4, 0.5) is 14.5 Å². The Kier molecular flexibility index (Phi) is 4.54. The number of aryl methyl sites for hydroxylation is 2. The third-order valence-electron chi connectivity index (χ3n) is 4.08. The van der Waals surface area contributed by atoms with E-state index in [1.165, 1.54) is 4.57 Å². The molecule has 1 N–H and O–H groups in total. The van der Waals surface area contributed by atoms with Gasteiger partial charge in [0.15, 0.2) is 0 Å². The Bertz CT molecular complexity index is 1060. The average molecular weight is 362 g/mol. The minimum atomic E-state index is -0.932. The zero-order valence-corrected chi connectivity index (χ0v) is 14.3. The van der Waals surface area contributed by atoms with E-state index in [1.807, 2.05) is 0 Å². The maximum Gasteiger partial charge on any atom is 0.267 e. The number of nitrogens with zero attached hydrogens (tertiary/aromatic N) is 3. The van der Waals surface area contributed by atoms with Crippen LogP contribution in [-0.2, 0) is 4.79 Å². The van der Waals surface area contributed by atoms with Gasteiger partial charge in [0.25, 0.3) is 11.3 Å². The third kappa shape index (κ3) is 2.96. The Labute approximate surface area is 146 Å². The summed E-state index contributed by atoms with van der Waals surface area (Å²) < 4.78 is 33.0. The van der Waals surface area contributed by atoms with Crippen LogP contribution in [0, 0.1) is 25.5 Å². The molecule has 0 saturated carbocycles. The lowest BCUT2D eigenvalue weighted by molar-refractivity contribution is -0.119. The van der Waals surface area contributed by atoms with E-state index in [4.69, 9.17) is 4.52 Å². The van der Waals surface area contributed by atoms with Crippen LogP contribution in [-0.4, -0.2) is 20.6 Å². The molecule has 2 aromatic heterocycles. The van der Waals surface area contributed by atoms with Crippen LogP contribution in [0.2, 0.25) is 0 Å². The van der Waals surface area contributed by atoms with Gasteiger partial charge >= 0.3 is 0 Å². The lowest BCUT2D eigenvalue weighted by atomic mass is 10.1. The number of carbonyl (C=O) groups is 1. The van der Waals surface area contributed by atoms with Gasteiger partial charge in [-0.05, 0) is 32.4 Å². The Hall–Kier alpha value is -3.10. The maximum absolute atomic E-state index is 13.8. The summed E-state index contributed by atoms with van der Waals surface area (Å²) in [5, 5.41) is 6.30. The molecule has 0 aliphatic carbocycles. The average Bonchev–Trinajstić information content (AvgIpc) is 2.94. The number of carbonyl (C=O) groups excluding carboxylic acids is 1. The second kappa shape index (κ2) is 6.66. The van der Waals surface area contributed by atoms with Crippen LogP contribution in [0.15, 0.2) is 27.5 Å². The smallest absolute Gasteiger partial charge is 0.267 e. The van der Waals surface area contributed by atoms with Gasteiger partial charge in [-0.3, -0.25) is 14.2 Å². The van der Waals surface area contributed by atoms with E-state index < -0.39 is 29.1 Å². The number of hydrogen-bond acceptors (Lipinski definition) is 5. The Morgan fingerprint density at radius 3 is 2.73 bits per heavy atom. The number of hydrogen-bond donors (Lipinski definition) is 1. The zero-order chi connectivity index (χ0) is 19.0. The molecule has 1 amide bonds. The van der Waals surface area contributed by atoms with Gasteiger partial charge in [0.05, 0.1) is 11.4 Å². The fraction of sp³-hybridized carbons (Fsp3) is 0.294. The fourth-order valence-corrected chi connectivity index (χ4v) is 2.81. The number of aromatic nitrogens is 3. The predicted molar refractivity (Wildman–Crippen MR) is 89.9 cm³/mol. The highest BCUT2D eigenvalue weighted by Gasteiger charge is 2.25. The molecule has 0 bridgehead atoms. The molecule has 3 aromatic rings. The number of benzene rings is 1. The van der Waals surface area contributed by atoms with Gasteiger partial charge in [-0.2, -0.15) is 4.98 Å². The van der Waals surface area contributed by atoms with Crippen molar-refractivity contribution in [2.24, 2.45) is 0 Å². The first-order valence-corrected chi connectivity index (χ1v) is 7.94. The predicted octanol–water partition coefficient (Wildman–Crippen LogP) is 2.87. The normalized spacial score (nSPS) is 12.3. The second-order valence-corrected chi connectivity index (χ2v) is 5.82. The standard InChI is InChI=1S/C17H16F2N4O3/c1-4-13(15(24)21-12-6-5-10(18)7-11(12)19)23-9(3)20-16-14(17(23)25)8(2)22-26-16/h5-7,13H,4H2,1-3H3,(H,21,24)/t13-/m1/s1. The minimum absolute atomic E-state index is 0.0982. The van der Waals surface area contributed by atoms with Gasteiger partial charge in [0.1, 0.15) is 28.9 Å². The highest BCUT2D eigenvalue weighted by molar-refractivity contribution is 5.94. The zero-order valence-electron chi connectivity index (χ0n) is 14.3. The van der Waals surface area contributed by atoms with E-state index in [0.717, 1.165) is 12.1 Å². The van der Waals surface area contributed by atoms with Gasteiger partial charge in [-0.15, -0.1) is 0 Å². The third-order valence-corrected chi connectivity index (χ3v) is 4.08. The van der Waals surface area contributed by atoms with Crippen molar-refractivity contribution in [3.63, 3.8) is 0 Å². The number of amides is 1. The molecule has 2 heterocycles. The van der Waals surface area contributed by atoms with Crippen LogP contribution in [0.1, 0.15) is 30.9 Å². The Morgan fingerprint density at radius 1 is 1.35 bits per heavy atom. The topological polar surface area (TPSA) is 90.0 Å². The van der Waals surface area contributed by atoms with Gasteiger partial charge in [0, 0.05) is 6.07 Å².